The number of anilines is 1. The SMILES string of the molecule is O=C(Nc1ccccc1Cl)c1nc(-c2ccc(F)cc2)n(-c2ccc(Cl)c(Cl)c2)n1. The summed E-state index contributed by atoms with van der Waals surface area (Å²) in [4.78, 5) is 17.1. The van der Waals surface area contributed by atoms with E-state index >= 15 is 0 Å². The molecule has 0 unspecified atom stereocenters. The van der Waals surface area contributed by atoms with Gasteiger partial charge in [-0.05, 0) is 54.6 Å². The van der Waals surface area contributed by atoms with Crippen molar-refractivity contribution in [1.29, 1.82) is 0 Å². The number of nitrogens with zero attached hydrogens (tertiary/aromatic N) is 3. The molecule has 0 spiro atoms. The standard InChI is InChI=1S/C21H12Cl3FN4O/c22-15-10-9-14(11-17(15)24)29-20(12-5-7-13(25)8-6-12)27-19(28-29)21(30)26-18-4-2-1-3-16(18)23/h1-11H,(H,26,30). The zero-order valence-corrected chi connectivity index (χ0v) is 17.4. The molecular formula is C21H12Cl3FN4O. The molecule has 5 nitrogen and oxygen atoms in total. The maximum Gasteiger partial charge on any atom is 0.295 e. The van der Waals surface area contributed by atoms with Gasteiger partial charge in [0.2, 0.25) is 5.82 Å². The van der Waals surface area contributed by atoms with Crippen molar-refractivity contribution in [3.8, 4) is 17.1 Å². The Morgan fingerprint density at radius 3 is 2.33 bits per heavy atom. The van der Waals surface area contributed by atoms with Crippen molar-refractivity contribution in [2.75, 3.05) is 5.32 Å². The van der Waals surface area contributed by atoms with E-state index in [9.17, 15) is 9.18 Å². The molecule has 0 saturated carbocycles. The molecule has 1 heterocycles. The van der Waals surface area contributed by atoms with Crippen LogP contribution in [0.4, 0.5) is 10.1 Å². The highest BCUT2D eigenvalue weighted by Crippen LogP contribution is 2.28. The predicted octanol–water partition coefficient (Wildman–Crippen LogP) is 6.29. The van der Waals surface area contributed by atoms with Crippen LogP contribution in [0.5, 0.6) is 0 Å². The average Bonchev–Trinajstić information content (AvgIpc) is 3.18. The molecule has 0 radical (unpaired) electrons. The Morgan fingerprint density at radius 2 is 1.63 bits per heavy atom. The molecule has 9 heteroatoms. The van der Waals surface area contributed by atoms with E-state index in [1.807, 2.05) is 0 Å². The minimum Gasteiger partial charge on any atom is -0.318 e. The maximum absolute atomic E-state index is 13.4. The fourth-order valence-electron chi connectivity index (χ4n) is 2.73. The minimum atomic E-state index is -0.551. The van der Waals surface area contributed by atoms with E-state index in [0.29, 0.717) is 37.8 Å². The van der Waals surface area contributed by atoms with E-state index in [2.05, 4.69) is 15.4 Å². The molecule has 150 valence electrons. The number of nitrogens with one attached hydrogen (secondary N) is 1. The molecule has 4 aromatic rings. The van der Waals surface area contributed by atoms with Gasteiger partial charge in [-0.2, -0.15) is 0 Å². The summed E-state index contributed by atoms with van der Waals surface area (Å²) in [7, 11) is 0. The van der Waals surface area contributed by atoms with Gasteiger partial charge < -0.3 is 5.32 Å². The molecular weight excluding hydrogens is 450 g/mol. The number of amides is 1. The molecule has 0 saturated heterocycles. The number of halogens is 4. The lowest BCUT2D eigenvalue weighted by molar-refractivity contribution is 0.101. The van der Waals surface area contributed by atoms with E-state index in [1.165, 1.54) is 16.8 Å². The number of carbonyl (C=O) groups is 1. The fraction of sp³-hybridized carbons (Fsp3) is 0. The van der Waals surface area contributed by atoms with Crippen LogP contribution in [0.15, 0.2) is 66.7 Å². The molecule has 3 aromatic carbocycles. The van der Waals surface area contributed by atoms with Gasteiger partial charge >= 0.3 is 0 Å². The maximum atomic E-state index is 13.4. The largest absolute Gasteiger partial charge is 0.318 e. The van der Waals surface area contributed by atoms with Crippen molar-refractivity contribution in [2.45, 2.75) is 0 Å². The highest BCUT2D eigenvalue weighted by molar-refractivity contribution is 6.42. The topological polar surface area (TPSA) is 59.8 Å². The van der Waals surface area contributed by atoms with Crippen LogP contribution >= 0.6 is 34.8 Å². The molecule has 0 fully saturated rings. The summed E-state index contributed by atoms with van der Waals surface area (Å²) in [6, 6.07) is 17.4. The van der Waals surface area contributed by atoms with Gasteiger partial charge in [-0.3, -0.25) is 4.79 Å². The van der Waals surface area contributed by atoms with Crippen molar-refractivity contribution in [2.24, 2.45) is 0 Å². The first-order valence-corrected chi connectivity index (χ1v) is 9.80. The van der Waals surface area contributed by atoms with Gasteiger partial charge in [0.05, 0.1) is 26.4 Å². The molecule has 0 aliphatic heterocycles. The van der Waals surface area contributed by atoms with Crippen LogP contribution in [0.1, 0.15) is 10.6 Å². The average molecular weight is 462 g/mol. The summed E-state index contributed by atoms with van der Waals surface area (Å²) in [6.07, 6.45) is 0. The first-order chi connectivity index (χ1) is 14.4. The van der Waals surface area contributed by atoms with E-state index < -0.39 is 11.7 Å². The summed E-state index contributed by atoms with van der Waals surface area (Å²) in [5, 5.41) is 8.09. The van der Waals surface area contributed by atoms with Gasteiger partial charge in [0.1, 0.15) is 5.82 Å². The number of rotatable bonds is 4. The Kier molecular flexibility index (Phi) is 5.72. The molecule has 0 bridgehead atoms. The predicted molar refractivity (Wildman–Crippen MR) is 116 cm³/mol. The number of carbonyl (C=O) groups excluding carboxylic acids is 1. The molecule has 30 heavy (non-hydrogen) atoms. The Morgan fingerprint density at radius 1 is 0.900 bits per heavy atom. The zero-order chi connectivity index (χ0) is 21.3. The van der Waals surface area contributed by atoms with Gasteiger partial charge in [0.25, 0.3) is 5.91 Å². The van der Waals surface area contributed by atoms with E-state index in [-0.39, 0.29) is 5.82 Å². The quantitative estimate of drug-likeness (QED) is 0.389. The minimum absolute atomic E-state index is 0.0969. The Labute approximate surface area is 186 Å². The molecule has 1 N–H and O–H groups in total. The lowest BCUT2D eigenvalue weighted by atomic mass is 10.2. The highest BCUT2D eigenvalue weighted by Gasteiger charge is 2.20. The Bertz CT molecular complexity index is 1240. The van der Waals surface area contributed by atoms with E-state index in [1.54, 1.807) is 54.6 Å². The van der Waals surface area contributed by atoms with Crippen LogP contribution in [-0.2, 0) is 0 Å². The summed E-state index contributed by atoms with van der Waals surface area (Å²) in [5.41, 5.74) is 1.53. The van der Waals surface area contributed by atoms with Crippen molar-refractivity contribution >= 4 is 46.4 Å². The molecule has 1 amide bonds. The first kappa shape index (κ1) is 20.3. The summed E-state index contributed by atoms with van der Waals surface area (Å²) in [5.74, 6) is -0.709. The van der Waals surface area contributed by atoms with Crippen LogP contribution in [0.25, 0.3) is 17.1 Å². The first-order valence-electron chi connectivity index (χ1n) is 8.66. The Hall–Kier alpha value is -2.93. The lowest BCUT2D eigenvalue weighted by Crippen LogP contribution is -2.14. The second kappa shape index (κ2) is 8.44. The van der Waals surface area contributed by atoms with Crippen LogP contribution in [0, 0.1) is 5.82 Å². The number of aromatic nitrogens is 3. The van der Waals surface area contributed by atoms with Crippen LogP contribution < -0.4 is 5.32 Å². The fourth-order valence-corrected chi connectivity index (χ4v) is 3.21. The van der Waals surface area contributed by atoms with Crippen LogP contribution in [-0.4, -0.2) is 20.7 Å². The smallest absolute Gasteiger partial charge is 0.295 e. The van der Waals surface area contributed by atoms with Gasteiger partial charge in [-0.25, -0.2) is 14.1 Å². The second-order valence-electron chi connectivity index (χ2n) is 6.21. The molecule has 0 atom stereocenters. The van der Waals surface area contributed by atoms with Crippen molar-refractivity contribution in [1.82, 2.24) is 14.8 Å². The third-order valence-electron chi connectivity index (χ3n) is 4.18. The number of benzene rings is 3. The molecule has 1 aromatic heterocycles. The summed E-state index contributed by atoms with van der Waals surface area (Å²) < 4.78 is 14.8. The van der Waals surface area contributed by atoms with E-state index in [4.69, 9.17) is 34.8 Å². The van der Waals surface area contributed by atoms with Gasteiger partial charge in [-0.1, -0.05) is 46.9 Å². The van der Waals surface area contributed by atoms with Gasteiger partial charge in [0.15, 0.2) is 5.82 Å². The Balaban J connectivity index is 1.79. The normalized spacial score (nSPS) is 10.8. The second-order valence-corrected chi connectivity index (χ2v) is 7.43. The summed E-state index contributed by atoms with van der Waals surface area (Å²) in [6.45, 7) is 0. The van der Waals surface area contributed by atoms with Gasteiger partial charge in [0, 0.05) is 5.56 Å². The van der Waals surface area contributed by atoms with Crippen molar-refractivity contribution in [3.05, 3.63) is 93.4 Å². The van der Waals surface area contributed by atoms with Crippen molar-refractivity contribution in [3.63, 3.8) is 0 Å². The van der Waals surface area contributed by atoms with Crippen LogP contribution in [0.3, 0.4) is 0 Å². The molecule has 0 aliphatic rings. The molecule has 4 rings (SSSR count). The van der Waals surface area contributed by atoms with Crippen LogP contribution in [0.2, 0.25) is 15.1 Å². The van der Waals surface area contributed by atoms with Crippen molar-refractivity contribution < 1.29 is 9.18 Å². The third kappa shape index (κ3) is 4.16. The number of hydrogen-bond donors (Lipinski definition) is 1. The lowest BCUT2D eigenvalue weighted by Gasteiger charge is -2.07. The highest BCUT2D eigenvalue weighted by atomic mass is 35.5. The number of hydrogen-bond acceptors (Lipinski definition) is 3. The van der Waals surface area contributed by atoms with Gasteiger partial charge in [-0.15, -0.1) is 5.10 Å². The van der Waals surface area contributed by atoms with E-state index in [0.717, 1.165) is 0 Å². The molecule has 0 aliphatic carbocycles. The third-order valence-corrected chi connectivity index (χ3v) is 5.25. The summed E-state index contributed by atoms with van der Waals surface area (Å²) >= 11 is 18.3. The zero-order valence-electron chi connectivity index (χ0n) is 15.1. The monoisotopic (exact) mass is 460 g/mol. The number of para-hydroxylation sites is 1.